The number of anilines is 1. The van der Waals surface area contributed by atoms with Crippen LogP contribution in [0.5, 0.6) is 0 Å². The van der Waals surface area contributed by atoms with E-state index >= 15 is 0 Å². The second-order valence-corrected chi connectivity index (χ2v) is 6.48. The van der Waals surface area contributed by atoms with Gasteiger partial charge in [-0.15, -0.1) is 0 Å². The molecule has 0 aliphatic heterocycles. The van der Waals surface area contributed by atoms with E-state index in [0.717, 1.165) is 10.7 Å². The fourth-order valence-electron chi connectivity index (χ4n) is 1.91. The Kier molecular flexibility index (Phi) is 4.70. The van der Waals surface area contributed by atoms with Gasteiger partial charge in [-0.3, -0.25) is 4.79 Å². The summed E-state index contributed by atoms with van der Waals surface area (Å²) in [7, 11) is 0. The number of halogens is 2. The van der Waals surface area contributed by atoms with E-state index in [1.165, 1.54) is 18.1 Å². The Hall–Kier alpha value is -1.83. The average Bonchev–Trinajstić information content (AvgIpc) is 2.97. The first-order valence-corrected chi connectivity index (χ1v) is 8.32. The molecule has 0 aliphatic rings. The molecule has 6 nitrogen and oxygen atoms in total. The molecule has 2 aromatic heterocycles. The zero-order valence-corrected chi connectivity index (χ0v) is 14.3. The summed E-state index contributed by atoms with van der Waals surface area (Å²) in [6.45, 7) is 1.87. The molecule has 118 valence electrons. The molecule has 0 radical (unpaired) electrons. The summed E-state index contributed by atoms with van der Waals surface area (Å²) in [4.78, 5) is 20.4. The van der Waals surface area contributed by atoms with Crippen molar-refractivity contribution < 1.29 is 4.79 Å². The number of carbonyl (C=O) groups is 1. The van der Waals surface area contributed by atoms with Gasteiger partial charge in [-0.1, -0.05) is 35.0 Å². The van der Waals surface area contributed by atoms with Crippen LogP contribution < -0.4 is 5.32 Å². The lowest BCUT2D eigenvalue weighted by Crippen LogP contribution is -2.14. The zero-order valence-electron chi connectivity index (χ0n) is 12.0. The van der Waals surface area contributed by atoms with E-state index in [9.17, 15) is 4.79 Å². The number of amides is 1. The molecule has 2 heterocycles. The molecule has 0 unspecified atom stereocenters. The lowest BCUT2D eigenvalue weighted by molar-refractivity contribution is -0.113. The van der Waals surface area contributed by atoms with Crippen molar-refractivity contribution in [3.05, 3.63) is 46.3 Å². The molecule has 0 bridgehead atoms. The SMILES string of the molecule is Cc1cc(SCC(=O)Nc2ccc(Cl)c(Cl)c2)n2ncnc2n1. The van der Waals surface area contributed by atoms with Gasteiger partial charge in [-0.05, 0) is 31.2 Å². The van der Waals surface area contributed by atoms with Crippen molar-refractivity contribution in [2.75, 3.05) is 11.1 Å². The van der Waals surface area contributed by atoms with Crippen LogP contribution in [-0.2, 0) is 4.79 Å². The van der Waals surface area contributed by atoms with E-state index in [0.29, 0.717) is 21.5 Å². The highest BCUT2D eigenvalue weighted by Crippen LogP contribution is 2.25. The summed E-state index contributed by atoms with van der Waals surface area (Å²) >= 11 is 13.1. The Morgan fingerprint density at radius 1 is 1.30 bits per heavy atom. The van der Waals surface area contributed by atoms with Crippen LogP contribution in [-0.4, -0.2) is 31.2 Å². The number of hydrogen-bond acceptors (Lipinski definition) is 5. The second kappa shape index (κ2) is 6.74. The van der Waals surface area contributed by atoms with Gasteiger partial charge in [-0.2, -0.15) is 14.6 Å². The molecule has 1 amide bonds. The number of hydrogen-bond donors (Lipinski definition) is 1. The van der Waals surface area contributed by atoms with Gasteiger partial charge in [0.2, 0.25) is 5.91 Å². The van der Waals surface area contributed by atoms with E-state index in [-0.39, 0.29) is 11.7 Å². The number of aryl methyl sites for hydroxylation is 1. The molecule has 0 fully saturated rings. The van der Waals surface area contributed by atoms with E-state index in [4.69, 9.17) is 23.2 Å². The van der Waals surface area contributed by atoms with E-state index < -0.39 is 0 Å². The Morgan fingerprint density at radius 3 is 2.91 bits per heavy atom. The summed E-state index contributed by atoms with van der Waals surface area (Å²) in [5.41, 5.74) is 1.42. The van der Waals surface area contributed by atoms with Gasteiger partial charge in [0, 0.05) is 11.4 Å². The summed E-state index contributed by atoms with van der Waals surface area (Å²) < 4.78 is 1.60. The summed E-state index contributed by atoms with van der Waals surface area (Å²) in [6.07, 6.45) is 1.43. The average molecular weight is 368 g/mol. The monoisotopic (exact) mass is 367 g/mol. The first kappa shape index (κ1) is 16.0. The van der Waals surface area contributed by atoms with Crippen LogP contribution in [0.15, 0.2) is 35.6 Å². The minimum Gasteiger partial charge on any atom is -0.325 e. The van der Waals surface area contributed by atoms with Crippen molar-refractivity contribution in [2.45, 2.75) is 11.9 Å². The maximum Gasteiger partial charge on any atom is 0.253 e. The molecule has 23 heavy (non-hydrogen) atoms. The Balaban J connectivity index is 1.68. The van der Waals surface area contributed by atoms with Crippen molar-refractivity contribution in [3.63, 3.8) is 0 Å². The topological polar surface area (TPSA) is 72.2 Å². The third-order valence-electron chi connectivity index (χ3n) is 2.90. The quantitative estimate of drug-likeness (QED) is 0.564. The predicted octanol–water partition coefficient (Wildman–Crippen LogP) is 3.47. The number of aromatic nitrogens is 4. The van der Waals surface area contributed by atoms with Gasteiger partial charge in [0.25, 0.3) is 5.78 Å². The first-order chi connectivity index (χ1) is 11.0. The lowest BCUT2D eigenvalue weighted by Gasteiger charge is -2.07. The molecule has 3 rings (SSSR count). The second-order valence-electron chi connectivity index (χ2n) is 4.67. The number of carbonyl (C=O) groups excluding carboxylic acids is 1. The summed E-state index contributed by atoms with van der Waals surface area (Å²) in [5.74, 6) is 0.576. The van der Waals surface area contributed by atoms with Gasteiger partial charge in [-0.25, -0.2) is 4.98 Å². The van der Waals surface area contributed by atoms with Crippen LogP contribution in [0.4, 0.5) is 5.69 Å². The van der Waals surface area contributed by atoms with Crippen LogP contribution in [0.1, 0.15) is 5.69 Å². The molecular formula is C14H11Cl2N5OS. The molecule has 0 spiro atoms. The third kappa shape index (κ3) is 3.74. The number of fused-ring (bicyclic) bond motifs is 1. The molecule has 0 aliphatic carbocycles. The van der Waals surface area contributed by atoms with Gasteiger partial charge < -0.3 is 5.32 Å². The fraction of sp³-hybridized carbons (Fsp3) is 0.143. The maximum atomic E-state index is 12.1. The van der Waals surface area contributed by atoms with Crippen molar-refractivity contribution in [1.29, 1.82) is 0 Å². The number of nitrogens with zero attached hydrogens (tertiary/aromatic N) is 4. The van der Waals surface area contributed by atoms with Gasteiger partial charge >= 0.3 is 0 Å². The minimum absolute atomic E-state index is 0.156. The molecule has 0 atom stereocenters. The van der Waals surface area contributed by atoms with Crippen LogP contribution in [0, 0.1) is 6.92 Å². The van der Waals surface area contributed by atoms with Gasteiger partial charge in [0.15, 0.2) is 0 Å². The molecule has 9 heteroatoms. The molecular weight excluding hydrogens is 357 g/mol. The van der Waals surface area contributed by atoms with Gasteiger partial charge in [0.1, 0.15) is 11.4 Å². The Morgan fingerprint density at radius 2 is 2.13 bits per heavy atom. The fourth-order valence-corrected chi connectivity index (χ4v) is 3.06. The van der Waals surface area contributed by atoms with Crippen molar-refractivity contribution in [2.24, 2.45) is 0 Å². The highest BCUT2D eigenvalue weighted by atomic mass is 35.5. The highest BCUT2D eigenvalue weighted by molar-refractivity contribution is 7.99. The van der Waals surface area contributed by atoms with Crippen LogP contribution in [0.3, 0.4) is 0 Å². The van der Waals surface area contributed by atoms with E-state index in [2.05, 4.69) is 20.4 Å². The van der Waals surface area contributed by atoms with Crippen molar-refractivity contribution in [3.8, 4) is 0 Å². The van der Waals surface area contributed by atoms with E-state index in [1.807, 2.05) is 13.0 Å². The molecule has 0 saturated heterocycles. The third-order valence-corrected chi connectivity index (χ3v) is 4.63. The van der Waals surface area contributed by atoms with Crippen molar-refractivity contribution >= 4 is 52.3 Å². The predicted molar refractivity (Wildman–Crippen MR) is 91.3 cm³/mol. The standard InChI is InChI=1S/C14H11Cl2N5OS/c1-8-4-13(21-14(19-8)17-7-18-21)23-6-12(22)20-9-2-3-10(15)11(16)5-9/h2-5,7H,6H2,1H3,(H,20,22). The first-order valence-electron chi connectivity index (χ1n) is 6.58. The lowest BCUT2D eigenvalue weighted by atomic mass is 10.3. The Bertz CT molecular complexity index is 883. The maximum absolute atomic E-state index is 12.1. The number of benzene rings is 1. The van der Waals surface area contributed by atoms with Gasteiger partial charge in [0.05, 0.1) is 15.8 Å². The summed E-state index contributed by atoms with van der Waals surface area (Å²) in [6, 6.07) is 6.80. The number of rotatable bonds is 4. The zero-order chi connectivity index (χ0) is 16.4. The molecule has 1 aromatic carbocycles. The van der Waals surface area contributed by atoms with Crippen LogP contribution in [0.2, 0.25) is 10.0 Å². The highest BCUT2D eigenvalue weighted by Gasteiger charge is 2.10. The Labute approximate surface area is 146 Å². The van der Waals surface area contributed by atoms with Crippen LogP contribution >= 0.6 is 35.0 Å². The molecule has 0 saturated carbocycles. The van der Waals surface area contributed by atoms with Crippen LogP contribution in [0.25, 0.3) is 5.78 Å². The number of nitrogens with one attached hydrogen (secondary N) is 1. The smallest absolute Gasteiger partial charge is 0.253 e. The molecule has 3 aromatic rings. The van der Waals surface area contributed by atoms with E-state index in [1.54, 1.807) is 22.7 Å². The largest absolute Gasteiger partial charge is 0.325 e. The number of thioether (sulfide) groups is 1. The summed E-state index contributed by atoms with van der Waals surface area (Å²) in [5, 5.41) is 8.51. The minimum atomic E-state index is -0.156. The normalized spacial score (nSPS) is 10.9. The molecule has 1 N–H and O–H groups in total. The van der Waals surface area contributed by atoms with Crippen molar-refractivity contribution in [1.82, 2.24) is 19.6 Å².